The minimum absolute atomic E-state index is 0.0142. The summed E-state index contributed by atoms with van der Waals surface area (Å²) in [4.78, 5) is 15.6. The summed E-state index contributed by atoms with van der Waals surface area (Å²) in [5.41, 5.74) is 2.13. The van der Waals surface area contributed by atoms with Gasteiger partial charge in [-0.2, -0.15) is 4.98 Å². The van der Waals surface area contributed by atoms with E-state index in [2.05, 4.69) is 10.1 Å². The summed E-state index contributed by atoms with van der Waals surface area (Å²) in [6, 6.07) is 7.86. The third kappa shape index (κ3) is 5.01. The number of fused-ring (bicyclic) bond motifs is 4. The second kappa shape index (κ2) is 10.2. The maximum absolute atomic E-state index is 14.4. The first-order valence-corrected chi connectivity index (χ1v) is 15.4. The van der Waals surface area contributed by atoms with Crippen LogP contribution < -0.4 is 4.74 Å². The standard InChI is InChI=1S/C30H27Cl2FN2O5S/c31-19-2-1-3-20(32)23(19)24-18(26(40-35-24)16-4-5-16)14-39-30-9-6-29(7-10-30,8-11-30)15-38-28-34-25-21(33)12-17(27(36)37)13-22(25)41-28/h1-3,12-13,16H,4-11,14-15H2,(H,36,37). The van der Waals surface area contributed by atoms with E-state index in [1.165, 1.54) is 17.4 Å². The van der Waals surface area contributed by atoms with Gasteiger partial charge in [0.25, 0.3) is 5.19 Å². The molecule has 4 aliphatic rings. The molecule has 4 aliphatic carbocycles. The van der Waals surface area contributed by atoms with Crippen molar-refractivity contribution in [3.8, 4) is 16.5 Å². The second-order valence-corrected chi connectivity index (χ2v) is 13.4. The predicted octanol–water partition coefficient (Wildman–Crippen LogP) is 8.66. The van der Waals surface area contributed by atoms with Crippen molar-refractivity contribution in [3.05, 3.63) is 63.1 Å². The molecule has 11 heteroatoms. The van der Waals surface area contributed by atoms with E-state index in [1.807, 2.05) is 6.07 Å². The number of nitrogens with zero attached hydrogens (tertiary/aromatic N) is 2. The molecule has 0 aliphatic heterocycles. The van der Waals surface area contributed by atoms with Gasteiger partial charge in [-0.15, -0.1) is 0 Å². The number of halogens is 3. The van der Waals surface area contributed by atoms with Crippen LogP contribution in [0.1, 0.15) is 79.0 Å². The summed E-state index contributed by atoms with van der Waals surface area (Å²) in [5, 5.41) is 15.0. The highest BCUT2D eigenvalue weighted by atomic mass is 35.5. The number of hydrogen-bond donors (Lipinski definition) is 1. The molecular weight excluding hydrogens is 590 g/mol. The number of thiazole rings is 1. The van der Waals surface area contributed by atoms with Crippen molar-refractivity contribution in [2.45, 2.75) is 69.5 Å². The summed E-state index contributed by atoms with van der Waals surface area (Å²) >= 11 is 14.2. The molecule has 0 spiro atoms. The topological polar surface area (TPSA) is 94.7 Å². The Morgan fingerprint density at radius 2 is 1.83 bits per heavy atom. The minimum Gasteiger partial charge on any atom is -0.478 e. The quantitative estimate of drug-likeness (QED) is 0.201. The fourth-order valence-corrected chi connectivity index (χ4v) is 7.75. The molecule has 2 bridgehead atoms. The van der Waals surface area contributed by atoms with Crippen molar-refractivity contribution in [2.75, 3.05) is 6.61 Å². The molecule has 0 unspecified atom stereocenters. The summed E-state index contributed by atoms with van der Waals surface area (Å²) in [7, 11) is 0. The highest BCUT2D eigenvalue weighted by molar-refractivity contribution is 7.20. The van der Waals surface area contributed by atoms with Crippen molar-refractivity contribution in [1.82, 2.24) is 10.1 Å². The molecule has 2 aromatic carbocycles. The third-order valence-electron chi connectivity index (χ3n) is 9.00. The third-order valence-corrected chi connectivity index (χ3v) is 10.5. The number of hydrogen-bond acceptors (Lipinski definition) is 7. The van der Waals surface area contributed by atoms with E-state index >= 15 is 0 Å². The molecule has 7 nitrogen and oxygen atoms in total. The molecule has 2 heterocycles. The maximum Gasteiger partial charge on any atom is 0.335 e. The van der Waals surface area contributed by atoms with Crippen LogP contribution in [0, 0.1) is 11.2 Å². The molecule has 0 saturated heterocycles. The number of benzene rings is 2. The first kappa shape index (κ1) is 27.1. The number of rotatable bonds is 9. The van der Waals surface area contributed by atoms with E-state index in [9.17, 15) is 14.3 Å². The van der Waals surface area contributed by atoms with Crippen molar-refractivity contribution < 1.29 is 28.3 Å². The zero-order valence-electron chi connectivity index (χ0n) is 22.1. The Morgan fingerprint density at radius 1 is 1.12 bits per heavy atom. The number of aromatic nitrogens is 2. The number of carboxylic acids is 1. The van der Waals surface area contributed by atoms with Gasteiger partial charge < -0.3 is 19.1 Å². The highest BCUT2D eigenvalue weighted by Crippen LogP contribution is 2.55. The fraction of sp³-hybridized carbons (Fsp3) is 0.433. The largest absolute Gasteiger partial charge is 0.478 e. The van der Waals surface area contributed by atoms with E-state index in [-0.39, 0.29) is 22.1 Å². The number of carboxylic acid groups (broad SMARTS) is 1. The van der Waals surface area contributed by atoms with Crippen molar-refractivity contribution >= 4 is 50.7 Å². The molecule has 0 radical (unpaired) electrons. The van der Waals surface area contributed by atoms with Gasteiger partial charge in [-0.1, -0.05) is 45.8 Å². The fourth-order valence-electron chi connectivity index (χ4n) is 6.30. The van der Waals surface area contributed by atoms with Gasteiger partial charge >= 0.3 is 5.97 Å². The second-order valence-electron chi connectivity index (χ2n) is 11.6. The lowest BCUT2D eigenvalue weighted by Gasteiger charge is -2.52. The van der Waals surface area contributed by atoms with Gasteiger partial charge in [-0.3, -0.25) is 0 Å². The van der Waals surface area contributed by atoms with E-state index in [1.54, 1.807) is 12.1 Å². The van der Waals surface area contributed by atoms with Crippen molar-refractivity contribution in [1.29, 1.82) is 0 Å². The SMILES string of the molecule is O=C(O)c1cc(F)c2nc(OCC34CCC(OCc5c(-c6c(Cl)cccc6Cl)noc5C5CC5)(CC3)CC4)sc2c1. The molecule has 1 N–H and O–H groups in total. The van der Waals surface area contributed by atoms with Gasteiger partial charge in [0, 0.05) is 22.5 Å². The molecule has 0 amide bonds. The molecule has 4 aromatic rings. The van der Waals surface area contributed by atoms with Crippen LogP contribution in [0.25, 0.3) is 21.5 Å². The van der Waals surface area contributed by atoms with Crippen LogP contribution >= 0.6 is 34.5 Å². The summed E-state index contributed by atoms with van der Waals surface area (Å²) in [6.07, 6.45) is 7.77. The minimum atomic E-state index is -1.17. The number of carbonyl (C=O) groups is 1. The lowest BCUT2D eigenvalue weighted by atomic mass is 9.59. The lowest BCUT2D eigenvalue weighted by Crippen LogP contribution is -2.49. The summed E-state index contributed by atoms with van der Waals surface area (Å²) < 4.78 is 33.5. The summed E-state index contributed by atoms with van der Waals surface area (Å²) in [6.45, 7) is 0.883. The van der Waals surface area contributed by atoms with Crippen molar-refractivity contribution in [2.24, 2.45) is 5.41 Å². The number of aromatic carboxylic acids is 1. The van der Waals surface area contributed by atoms with Crippen LogP contribution in [0.2, 0.25) is 10.0 Å². The van der Waals surface area contributed by atoms with Gasteiger partial charge in [0.05, 0.1) is 39.1 Å². The molecule has 4 saturated carbocycles. The van der Waals surface area contributed by atoms with Crippen LogP contribution in [-0.2, 0) is 11.3 Å². The number of ether oxygens (including phenoxy) is 2. The van der Waals surface area contributed by atoms with E-state index in [4.69, 9.17) is 37.2 Å². The molecule has 4 fully saturated rings. The Kier molecular flexibility index (Phi) is 6.77. The Hall–Kier alpha value is -2.72. The van der Waals surface area contributed by atoms with E-state index in [0.717, 1.165) is 68.8 Å². The lowest BCUT2D eigenvalue weighted by molar-refractivity contribution is -0.150. The van der Waals surface area contributed by atoms with Gasteiger partial charge in [0.2, 0.25) is 0 Å². The smallest absolute Gasteiger partial charge is 0.335 e. The van der Waals surface area contributed by atoms with Crippen LogP contribution in [0.15, 0.2) is 34.9 Å². The Bertz CT molecular complexity index is 1620. The maximum atomic E-state index is 14.4. The predicted molar refractivity (Wildman–Crippen MR) is 154 cm³/mol. The van der Waals surface area contributed by atoms with Crippen LogP contribution in [0.4, 0.5) is 4.39 Å². The first-order valence-electron chi connectivity index (χ1n) is 13.8. The monoisotopic (exact) mass is 616 g/mol. The van der Waals surface area contributed by atoms with Gasteiger partial charge in [-0.25, -0.2) is 9.18 Å². The Balaban J connectivity index is 1.03. The van der Waals surface area contributed by atoms with Crippen LogP contribution in [0.3, 0.4) is 0 Å². The zero-order chi connectivity index (χ0) is 28.4. The van der Waals surface area contributed by atoms with Crippen LogP contribution in [0.5, 0.6) is 5.19 Å². The Morgan fingerprint density at radius 3 is 2.49 bits per heavy atom. The molecule has 2 aromatic heterocycles. The average molecular weight is 618 g/mol. The molecule has 8 rings (SSSR count). The van der Waals surface area contributed by atoms with Crippen LogP contribution in [-0.4, -0.2) is 33.4 Å². The molecular formula is C30H27Cl2FN2O5S. The summed E-state index contributed by atoms with van der Waals surface area (Å²) in [5.74, 6) is -0.585. The molecule has 214 valence electrons. The first-order chi connectivity index (χ1) is 19.7. The van der Waals surface area contributed by atoms with Gasteiger partial charge in [-0.05, 0) is 75.6 Å². The molecule has 41 heavy (non-hydrogen) atoms. The van der Waals surface area contributed by atoms with Crippen molar-refractivity contribution in [3.63, 3.8) is 0 Å². The highest BCUT2D eigenvalue weighted by Gasteiger charge is 2.50. The zero-order valence-corrected chi connectivity index (χ0v) is 24.4. The normalized spacial score (nSPS) is 23.8. The molecule has 0 atom stereocenters. The van der Waals surface area contributed by atoms with E-state index in [0.29, 0.717) is 50.3 Å². The average Bonchev–Trinajstić information content (AvgIpc) is 3.58. The van der Waals surface area contributed by atoms with Gasteiger partial charge in [0.15, 0.2) is 5.82 Å². The Labute approximate surface area is 249 Å². The van der Waals surface area contributed by atoms with E-state index < -0.39 is 11.8 Å². The van der Waals surface area contributed by atoms with Gasteiger partial charge in [0.1, 0.15) is 17.0 Å².